The van der Waals surface area contributed by atoms with Gasteiger partial charge in [-0.3, -0.25) is 4.90 Å². The van der Waals surface area contributed by atoms with Crippen LogP contribution in [0.2, 0.25) is 0 Å². The Morgan fingerprint density at radius 2 is 1.90 bits per heavy atom. The number of hydrogen-bond donors (Lipinski definition) is 4. The van der Waals surface area contributed by atoms with Crippen LogP contribution in [0.15, 0.2) is 30.3 Å². The molecule has 2 aliphatic heterocycles. The van der Waals surface area contributed by atoms with Gasteiger partial charge in [0, 0.05) is 37.3 Å². The molecule has 5 N–H and O–H groups in total. The fourth-order valence-corrected chi connectivity index (χ4v) is 4.98. The molecule has 0 amide bonds. The van der Waals surface area contributed by atoms with E-state index >= 15 is 0 Å². The van der Waals surface area contributed by atoms with Crippen molar-refractivity contribution in [2.75, 3.05) is 43.9 Å². The van der Waals surface area contributed by atoms with E-state index in [-0.39, 0.29) is 5.75 Å². The van der Waals surface area contributed by atoms with Crippen LogP contribution in [-0.4, -0.2) is 76.2 Å². The molecule has 2 aromatic rings. The number of hydrogen-bond acceptors (Lipinski definition) is 8. The Bertz CT molecular complexity index is 895. The molecule has 1 aromatic heterocycles. The Labute approximate surface area is 184 Å². The predicted octanol–water partition coefficient (Wildman–Crippen LogP) is 1.83. The van der Waals surface area contributed by atoms with Gasteiger partial charge in [0.05, 0.1) is 17.0 Å². The fourth-order valence-electron chi connectivity index (χ4n) is 4.98. The Morgan fingerprint density at radius 3 is 2.55 bits per heavy atom. The fraction of sp³-hybridized carbons (Fsp3) is 0.565. The molecule has 8 heteroatoms. The second-order valence-corrected chi connectivity index (χ2v) is 8.91. The minimum atomic E-state index is -0.665. The molecule has 0 saturated carbocycles. The highest BCUT2D eigenvalue weighted by atomic mass is 16.3. The minimum absolute atomic E-state index is 0.179. The lowest BCUT2D eigenvalue weighted by Gasteiger charge is -2.45. The highest BCUT2D eigenvalue weighted by Gasteiger charge is 2.43. The molecule has 2 bridgehead atoms. The van der Waals surface area contributed by atoms with Crippen molar-refractivity contribution in [3.8, 4) is 17.0 Å². The number of nitrogen functional groups attached to an aromatic ring is 1. The summed E-state index contributed by atoms with van der Waals surface area (Å²) in [5.74, 6) is 0.587. The number of aromatic nitrogens is 2. The van der Waals surface area contributed by atoms with Gasteiger partial charge in [-0.25, -0.2) is 0 Å². The van der Waals surface area contributed by atoms with Crippen LogP contribution in [0.5, 0.6) is 5.75 Å². The molecule has 2 aliphatic rings. The Hall–Kier alpha value is -2.42. The molecule has 168 valence electrons. The lowest BCUT2D eigenvalue weighted by Crippen LogP contribution is -2.58. The van der Waals surface area contributed by atoms with Crippen LogP contribution in [0.4, 0.5) is 11.5 Å². The number of nitrogens with one attached hydrogen (secondary N) is 1. The number of aromatic hydroxyl groups is 1. The molecule has 0 aliphatic carbocycles. The molecule has 3 heterocycles. The van der Waals surface area contributed by atoms with E-state index in [2.05, 4.69) is 32.2 Å². The molecule has 3 atom stereocenters. The third-order valence-electron chi connectivity index (χ3n) is 6.93. The van der Waals surface area contributed by atoms with Crippen LogP contribution >= 0.6 is 0 Å². The predicted molar refractivity (Wildman–Crippen MR) is 123 cm³/mol. The number of nitrogens with zero attached hydrogens (tertiary/aromatic N) is 4. The van der Waals surface area contributed by atoms with Gasteiger partial charge in [0.25, 0.3) is 0 Å². The van der Waals surface area contributed by atoms with Gasteiger partial charge in [0.2, 0.25) is 0 Å². The maximum atomic E-state index is 11.1. The summed E-state index contributed by atoms with van der Waals surface area (Å²) in [7, 11) is 1.93. The Balaban J connectivity index is 1.53. The topological polar surface area (TPSA) is 111 Å². The Kier molecular flexibility index (Phi) is 6.31. The molecule has 1 aromatic carbocycles. The van der Waals surface area contributed by atoms with Crippen molar-refractivity contribution in [3.63, 3.8) is 0 Å². The third kappa shape index (κ3) is 4.46. The standard InChI is InChI=1S/C23H34N6O2/c1-3-23(31,10-11-25-2)15-29-16-8-9-17(29)14-28(13-16)20-12-19(26-27-22(20)24)18-6-4-5-7-21(18)30/h4-7,12,16-17,25,30-31H,3,8-11,13-15H2,1-2H3,(H2,24,27). The largest absolute Gasteiger partial charge is 0.507 e. The van der Waals surface area contributed by atoms with Crippen LogP contribution in [-0.2, 0) is 0 Å². The van der Waals surface area contributed by atoms with Gasteiger partial charge >= 0.3 is 0 Å². The summed E-state index contributed by atoms with van der Waals surface area (Å²) in [6.07, 6.45) is 3.75. The number of benzene rings is 1. The quantitative estimate of drug-likeness (QED) is 0.506. The first-order chi connectivity index (χ1) is 14.9. The van der Waals surface area contributed by atoms with Gasteiger partial charge in [-0.05, 0) is 57.5 Å². The third-order valence-corrected chi connectivity index (χ3v) is 6.93. The summed E-state index contributed by atoms with van der Waals surface area (Å²) in [4.78, 5) is 4.80. The highest BCUT2D eigenvalue weighted by molar-refractivity contribution is 5.74. The monoisotopic (exact) mass is 426 g/mol. The molecule has 8 nitrogen and oxygen atoms in total. The zero-order valence-corrected chi connectivity index (χ0v) is 18.5. The van der Waals surface area contributed by atoms with Gasteiger partial charge < -0.3 is 26.2 Å². The van der Waals surface area contributed by atoms with Crippen LogP contribution in [0.25, 0.3) is 11.3 Å². The molecule has 2 fully saturated rings. The molecular weight excluding hydrogens is 392 g/mol. The average molecular weight is 427 g/mol. The highest BCUT2D eigenvalue weighted by Crippen LogP contribution is 2.37. The van der Waals surface area contributed by atoms with Crippen molar-refractivity contribution in [2.45, 2.75) is 50.3 Å². The number of phenols is 1. The normalized spacial score (nSPS) is 23.1. The van der Waals surface area contributed by atoms with Crippen molar-refractivity contribution in [3.05, 3.63) is 30.3 Å². The molecule has 31 heavy (non-hydrogen) atoms. The zero-order valence-electron chi connectivity index (χ0n) is 18.5. The minimum Gasteiger partial charge on any atom is -0.507 e. The first kappa shape index (κ1) is 21.8. The molecule has 0 spiro atoms. The average Bonchev–Trinajstić information content (AvgIpc) is 2.99. The van der Waals surface area contributed by atoms with E-state index in [9.17, 15) is 10.2 Å². The number of para-hydroxylation sites is 1. The van der Waals surface area contributed by atoms with Gasteiger partial charge in [-0.15, -0.1) is 10.2 Å². The first-order valence-electron chi connectivity index (χ1n) is 11.2. The number of rotatable bonds is 8. The second kappa shape index (κ2) is 8.98. The number of anilines is 2. The summed E-state index contributed by atoms with van der Waals surface area (Å²) in [6, 6.07) is 9.83. The van der Waals surface area contributed by atoms with E-state index in [4.69, 9.17) is 5.73 Å². The Morgan fingerprint density at radius 1 is 1.19 bits per heavy atom. The summed E-state index contributed by atoms with van der Waals surface area (Å²) < 4.78 is 0. The molecule has 4 rings (SSSR count). The molecule has 3 unspecified atom stereocenters. The van der Waals surface area contributed by atoms with Crippen LogP contribution in [0.1, 0.15) is 32.6 Å². The zero-order chi connectivity index (χ0) is 22.0. The SMILES string of the molecule is CCC(O)(CCNC)CN1C2CCC1CN(c1cc(-c3ccccc3O)nnc1N)C2. The molecule has 2 saturated heterocycles. The van der Waals surface area contributed by atoms with Crippen LogP contribution in [0, 0.1) is 0 Å². The van der Waals surface area contributed by atoms with Gasteiger partial charge in [0.1, 0.15) is 5.75 Å². The van der Waals surface area contributed by atoms with Crippen molar-refractivity contribution in [1.29, 1.82) is 0 Å². The number of nitrogens with two attached hydrogens (primary N) is 1. The van der Waals surface area contributed by atoms with Gasteiger partial charge in [-0.1, -0.05) is 19.1 Å². The maximum Gasteiger partial charge on any atom is 0.169 e. The van der Waals surface area contributed by atoms with Gasteiger partial charge in [0.15, 0.2) is 5.82 Å². The number of aliphatic hydroxyl groups is 1. The summed E-state index contributed by atoms with van der Waals surface area (Å²) in [6.45, 7) is 5.28. The van der Waals surface area contributed by atoms with E-state index in [1.165, 1.54) is 0 Å². The number of phenolic OH excluding ortho intramolecular Hbond substituents is 1. The summed E-state index contributed by atoms with van der Waals surface area (Å²) >= 11 is 0. The van der Waals surface area contributed by atoms with Gasteiger partial charge in [-0.2, -0.15) is 0 Å². The number of piperazine rings is 1. The van der Waals surface area contributed by atoms with Crippen LogP contribution < -0.4 is 16.0 Å². The van der Waals surface area contributed by atoms with Crippen molar-refractivity contribution >= 4 is 11.5 Å². The smallest absolute Gasteiger partial charge is 0.169 e. The lowest BCUT2D eigenvalue weighted by molar-refractivity contribution is -0.0229. The van der Waals surface area contributed by atoms with Crippen molar-refractivity contribution < 1.29 is 10.2 Å². The van der Waals surface area contributed by atoms with E-state index in [1.807, 2.05) is 25.2 Å². The lowest BCUT2D eigenvalue weighted by atomic mass is 9.94. The molecule has 0 radical (unpaired) electrons. The molecular formula is C23H34N6O2. The first-order valence-corrected chi connectivity index (χ1v) is 11.2. The van der Waals surface area contributed by atoms with Crippen LogP contribution in [0.3, 0.4) is 0 Å². The summed E-state index contributed by atoms with van der Waals surface area (Å²) in [5, 5.41) is 32.9. The van der Waals surface area contributed by atoms with Crippen molar-refractivity contribution in [1.82, 2.24) is 20.4 Å². The number of fused-ring (bicyclic) bond motifs is 2. The maximum absolute atomic E-state index is 11.1. The second-order valence-electron chi connectivity index (χ2n) is 8.91. The van der Waals surface area contributed by atoms with E-state index in [1.54, 1.807) is 12.1 Å². The van der Waals surface area contributed by atoms with E-state index in [0.29, 0.717) is 35.7 Å². The van der Waals surface area contributed by atoms with Crippen molar-refractivity contribution in [2.24, 2.45) is 0 Å². The van der Waals surface area contributed by atoms with E-state index < -0.39 is 5.60 Å². The summed E-state index contributed by atoms with van der Waals surface area (Å²) in [5.41, 5.74) is 7.69. The van der Waals surface area contributed by atoms with E-state index in [0.717, 1.165) is 51.0 Å².